The molecule has 24 heavy (non-hydrogen) atoms. The van der Waals surface area contributed by atoms with E-state index in [1.807, 2.05) is 7.11 Å². The highest BCUT2D eigenvalue weighted by Crippen LogP contribution is 2.70. The SMILES string of the molecule is COC1CCCC23CCC4C(CCC5CCCCC54C)C2CCC13. The molecule has 1 spiro atoms. The number of ether oxygens (including phenoxy) is 1. The molecule has 0 radical (unpaired) electrons. The van der Waals surface area contributed by atoms with Crippen LogP contribution in [-0.2, 0) is 4.74 Å². The molecule has 0 aromatic carbocycles. The Hall–Kier alpha value is -0.0400. The third kappa shape index (κ3) is 2.03. The summed E-state index contributed by atoms with van der Waals surface area (Å²) in [5.41, 5.74) is 1.40. The van der Waals surface area contributed by atoms with Gasteiger partial charge in [0.15, 0.2) is 0 Å². The lowest BCUT2D eigenvalue weighted by Crippen LogP contribution is -2.55. The smallest absolute Gasteiger partial charge is 0.0604 e. The molecule has 8 atom stereocenters. The molecule has 5 rings (SSSR count). The molecule has 5 saturated carbocycles. The van der Waals surface area contributed by atoms with Crippen molar-refractivity contribution in [1.29, 1.82) is 0 Å². The van der Waals surface area contributed by atoms with Crippen LogP contribution in [0, 0.1) is 40.4 Å². The zero-order valence-electron chi connectivity index (χ0n) is 16.1. The van der Waals surface area contributed by atoms with Crippen molar-refractivity contribution in [3.8, 4) is 0 Å². The summed E-state index contributed by atoms with van der Waals surface area (Å²) < 4.78 is 5.99. The Morgan fingerprint density at radius 3 is 2.46 bits per heavy atom. The van der Waals surface area contributed by atoms with E-state index in [-0.39, 0.29) is 0 Å². The normalized spacial score (nSPS) is 56.8. The van der Waals surface area contributed by atoms with Gasteiger partial charge in [-0.15, -0.1) is 0 Å². The van der Waals surface area contributed by atoms with Gasteiger partial charge in [0.1, 0.15) is 0 Å². The quantitative estimate of drug-likeness (QED) is 0.555. The summed E-state index contributed by atoms with van der Waals surface area (Å²) in [5, 5.41) is 0. The van der Waals surface area contributed by atoms with Crippen LogP contribution in [0.3, 0.4) is 0 Å². The summed E-state index contributed by atoms with van der Waals surface area (Å²) >= 11 is 0. The number of fused-ring (bicyclic) bond motifs is 4. The van der Waals surface area contributed by atoms with Crippen LogP contribution in [0.1, 0.15) is 90.4 Å². The molecule has 136 valence electrons. The number of hydrogen-bond acceptors (Lipinski definition) is 1. The Labute approximate surface area is 149 Å². The minimum Gasteiger partial charge on any atom is -0.381 e. The Kier molecular flexibility index (Phi) is 3.86. The molecule has 8 unspecified atom stereocenters. The highest BCUT2D eigenvalue weighted by Gasteiger charge is 2.62. The predicted octanol–water partition coefficient (Wildman–Crippen LogP) is 6.21. The van der Waals surface area contributed by atoms with Crippen molar-refractivity contribution >= 4 is 0 Å². The Morgan fingerprint density at radius 1 is 0.708 bits per heavy atom. The van der Waals surface area contributed by atoms with E-state index < -0.39 is 0 Å². The van der Waals surface area contributed by atoms with Gasteiger partial charge in [-0.25, -0.2) is 0 Å². The summed E-state index contributed by atoms with van der Waals surface area (Å²) in [5.74, 6) is 5.15. The van der Waals surface area contributed by atoms with Gasteiger partial charge in [0.05, 0.1) is 6.10 Å². The molecule has 0 heterocycles. The lowest BCUT2D eigenvalue weighted by Gasteiger charge is -2.62. The van der Waals surface area contributed by atoms with Crippen molar-refractivity contribution in [1.82, 2.24) is 0 Å². The van der Waals surface area contributed by atoms with Crippen molar-refractivity contribution in [3.63, 3.8) is 0 Å². The first-order chi connectivity index (χ1) is 11.7. The van der Waals surface area contributed by atoms with E-state index in [2.05, 4.69) is 6.92 Å². The number of rotatable bonds is 1. The number of methoxy groups -OCH3 is 1. The summed E-state index contributed by atoms with van der Waals surface area (Å²) in [4.78, 5) is 0. The second kappa shape index (κ2) is 5.73. The fourth-order valence-electron chi connectivity index (χ4n) is 9.31. The van der Waals surface area contributed by atoms with E-state index in [9.17, 15) is 0 Å². The Morgan fingerprint density at radius 2 is 1.58 bits per heavy atom. The monoisotopic (exact) mass is 330 g/mol. The molecule has 5 aliphatic rings. The van der Waals surface area contributed by atoms with Crippen LogP contribution in [0.5, 0.6) is 0 Å². The second-order valence-electron chi connectivity index (χ2n) is 10.5. The van der Waals surface area contributed by atoms with E-state index in [1.54, 1.807) is 38.5 Å². The highest BCUT2D eigenvalue weighted by molar-refractivity contribution is 5.12. The van der Waals surface area contributed by atoms with Crippen LogP contribution >= 0.6 is 0 Å². The van der Waals surface area contributed by atoms with Crippen LogP contribution in [0.15, 0.2) is 0 Å². The summed E-state index contributed by atoms with van der Waals surface area (Å²) in [6.45, 7) is 2.72. The maximum atomic E-state index is 5.99. The minimum absolute atomic E-state index is 0.585. The average molecular weight is 331 g/mol. The molecule has 0 bridgehead atoms. The van der Waals surface area contributed by atoms with Crippen LogP contribution in [0.4, 0.5) is 0 Å². The van der Waals surface area contributed by atoms with Crippen molar-refractivity contribution < 1.29 is 4.74 Å². The fraction of sp³-hybridized carbons (Fsp3) is 1.00. The lowest BCUT2D eigenvalue weighted by molar-refractivity contribution is -0.141. The Balaban J connectivity index is 1.45. The van der Waals surface area contributed by atoms with Gasteiger partial charge in [-0.3, -0.25) is 0 Å². The van der Waals surface area contributed by atoms with Gasteiger partial charge in [-0.05, 0) is 105 Å². The number of hydrogen-bond donors (Lipinski definition) is 0. The molecule has 0 aliphatic heterocycles. The molecule has 1 heteroatoms. The summed E-state index contributed by atoms with van der Waals surface area (Å²) in [6, 6.07) is 0. The first-order valence-electron chi connectivity index (χ1n) is 11.2. The topological polar surface area (TPSA) is 9.23 Å². The van der Waals surface area contributed by atoms with Crippen molar-refractivity contribution in [2.75, 3.05) is 7.11 Å². The Bertz CT molecular complexity index is 486. The fourth-order valence-corrected chi connectivity index (χ4v) is 9.31. The van der Waals surface area contributed by atoms with Crippen molar-refractivity contribution in [2.45, 2.75) is 96.5 Å². The summed E-state index contributed by atoms with van der Waals surface area (Å²) in [7, 11) is 1.98. The zero-order chi connectivity index (χ0) is 16.4. The molecule has 1 nitrogen and oxygen atoms in total. The third-order valence-corrected chi connectivity index (χ3v) is 10.2. The second-order valence-corrected chi connectivity index (χ2v) is 10.5. The molecular weight excluding hydrogens is 292 g/mol. The zero-order valence-corrected chi connectivity index (χ0v) is 16.1. The first-order valence-corrected chi connectivity index (χ1v) is 11.2. The molecule has 0 saturated heterocycles. The highest BCUT2D eigenvalue weighted by atomic mass is 16.5. The van der Waals surface area contributed by atoms with Crippen molar-refractivity contribution in [3.05, 3.63) is 0 Å². The molecular formula is C23H38O. The van der Waals surface area contributed by atoms with Crippen LogP contribution in [-0.4, -0.2) is 13.2 Å². The largest absolute Gasteiger partial charge is 0.381 e. The van der Waals surface area contributed by atoms with E-state index in [4.69, 9.17) is 4.74 Å². The average Bonchev–Trinajstić information content (AvgIpc) is 3.01. The molecule has 5 fully saturated rings. The molecule has 0 amide bonds. The molecule has 5 aliphatic carbocycles. The minimum atomic E-state index is 0.585. The van der Waals surface area contributed by atoms with E-state index in [1.165, 1.54) is 44.9 Å². The van der Waals surface area contributed by atoms with Gasteiger partial charge in [-0.2, -0.15) is 0 Å². The van der Waals surface area contributed by atoms with Gasteiger partial charge >= 0.3 is 0 Å². The molecule has 0 aromatic rings. The standard InChI is InChI=1S/C23H38O/c1-22-13-4-3-6-16(22)8-9-17-18(22)12-15-23-14-5-7-21(24-2)20(23)11-10-19(17)23/h16-21H,3-15H2,1-2H3. The first kappa shape index (κ1) is 16.2. The van der Waals surface area contributed by atoms with Gasteiger partial charge in [0.25, 0.3) is 0 Å². The van der Waals surface area contributed by atoms with E-state index in [0.717, 1.165) is 29.6 Å². The van der Waals surface area contributed by atoms with E-state index in [0.29, 0.717) is 16.9 Å². The summed E-state index contributed by atoms with van der Waals surface area (Å²) in [6.07, 6.45) is 20.3. The molecule has 0 N–H and O–H groups in total. The van der Waals surface area contributed by atoms with Gasteiger partial charge in [-0.1, -0.05) is 26.2 Å². The molecule has 0 aromatic heterocycles. The van der Waals surface area contributed by atoms with E-state index >= 15 is 0 Å². The van der Waals surface area contributed by atoms with Crippen LogP contribution < -0.4 is 0 Å². The maximum Gasteiger partial charge on any atom is 0.0604 e. The van der Waals surface area contributed by atoms with Crippen LogP contribution in [0.2, 0.25) is 0 Å². The maximum absolute atomic E-state index is 5.99. The van der Waals surface area contributed by atoms with Crippen LogP contribution in [0.25, 0.3) is 0 Å². The lowest BCUT2D eigenvalue weighted by atomic mass is 9.43. The third-order valence-electron chi connectivity index (χ3n) is 10.2. The van der Waals surface area contributed by atoms with Crippen molar-refractivity contribution in [2.24, 2.45) is 40.4 Å². The predicted molar refractivity (Wildman–Crippen MR) is 98.8 cm³/mol. The van der Waals surface area contributed by atoms with Gasteiger partial charge in [0, 0.05) is 7.11 Å². The van der Waals surface area contributed by atoms with Gasteiger partial charge < -0.3 is 4.74 Å². The van der Waals surface area contributed by atoms with Gasteiger partial charge in [0.2, 0.25) is 0 Å².